The van der Waals surface area contributed by atoms with Crippen LogP contribution in [0.5, 0.6) is 0 Å². The number of amides is 1. The zero-order chi connectivity index (χ0) is 21.1. The predicted molar refractivity (Wildman–Crippen MR) is 111 cm³/mol. The van der Waals surface area contributed by atoms with E-state index in [2.05, 4.69) is 15.6 Å². The van der Waals surface area contributed by atoms with Gasteiger partial charge in [-0.1, -0.05) is 12.8 Å². The molecule has 4 N–H and O–H groups in total. The standard InChI is InChI=1S/C21H27F2N5O/c1-12-8-13(22)10-14(9-12)26-20-15(19(24)29)11-16(23)21(27-20)28(3)18-7-5-4-6-17(18)25-2/h8-11,17-18,25H,4-7H2,1-3H3,(H2,24,29)(H,26,27). The third-order valence-corrected chi connectivity index (χ3v) is 5.46. The van der Waals surface area contributed by atoms with Crippen LogP contribution in [-0.4, -0.2) is 37.1 Å². The lowest BCUT2D eigenvalue weighted by Gasteiger charge is -2.38. The van der Waals surface area contributed by atoms with Gasteiger partial charge in [0.05, 0.1) is 5.56 Å². The molecular weight excluding hydrogens is 376 g/mol. The zero-order valence-electron chi connectivity index (χ0n) is 16.9. The second-order valence-corrected chi connectivity index (χ2v) is 7.55. The van der Waals surface area contributed by atoms with Crippen molar-refractivity contribution >= 4 is 23.2 Å². The van der Waals surface area contributed by atoms with Crippen molar-refractivity contribution in [3.05, 3.63) is 47.0 Å². The average Bonchev–Trinajstić information content (AvgIpc) is 2.67. The number of hydrogen-bond donors (Lipinski definition) is 3. The highest BCUT2D eigenvalue weighted by Crippen LogP contribution is 2.30. The first kappa shape index (κ1) is 21.0. The Hall–Kier alpha value is -2.74. The summed E-state index contributed by atoms with van der Waals surface area (Å²) >= 11 is 0. The Kier molecular flexibility index (Phi) is 6.32. The van der Waals surface area contributed by atoms with Crippen LogP contribution in [0.4, 0.5) is 26.1 Å². The van der Waals surface area contributed by atoms with Crippen molar-refractivity contribution in [2.75, 3.05) is 24.3 Å². The largest absolute Gasteiger partial charge is 0.365 e. The van der Waals surface area contributed by atoms with E-state index in [0.717, 1.165) is 31.7 Å². The van der Waals surface area contributed by atoms with Crippen molar-refractivity contribution in [2.24, 2.45) is 5.73 Å². The van der Waals surface area contributed by atoms with Crippen molar-refractivity contribution < 1.29 is 13.6 Å². The second-order valence-electron chi connectivity index (χ2n) is 7.55. The summed E-state index contributed by atoms with van der Waals surface area (Å²) in [5, 5.41) is 6.22. The van der Waals surface area contributed by atoms with E-state index in [4.69, 9.17) is 5.73 Å². The molecule has 1 aromatic carbocycles. The molecule has 1 aromatic heterocycles. The minimum atomic E-state index is -0.813. The fourth-order valence-electron chi connectivity index (χ4n) is 4.02. The maximum Gasteiger partial charge on any atom is 0.252 e. The summed E-state index contributed by atoms with van der Waals surface area (Å²) in [6, 6.07) is 5.75. The number of nitrogens with one attached hydrogen (secondary N) is 2. The normalized spacial score (nSPS) is 19.1. The number of nitrogens with zero attached hydrogens (tertiary/aromatic N) is 2. The number of pyridine rings is 1. The number of hydrogen-bond acceptors (Lipinski definition) is 5. The van der Waals surface area contributed by atoms with E-state index < -0.39 is 17.5 Å². The van der Waals surface area contributed by atoms with Crippen molar-refractivity contribution in [1.82, 2.24) is 10.3 Å². The van der Waals surface area contributed by atoms with E-state index in [1.807, 2.05) is 11.9 Å². The van der Waals surface area contributed by atoms with Crippen LogP contribution in [-0.2, 0) is 0 Å². The molecule has 1 aliphatic rings. The lowest BCUT2D eigenvalue weighted by atomic mass is 9.89. The molecule has 0 aliphatic heterocycles. The molecule has 2 aromatic rings. The molecule has 3 rings (SSSR count). The van der Waals surface area contributed by atoms with Crippen LogP contribution < -0.4 is 21.3 Å². The van der Waals surface area contributed by atoms with E-state index in [1.54, 1.807) is 20.0 Å². The Morgan fingerprint density at radius 1 is 1.21 bits per heavy atom. The Balaban J connectivity index is 2.00. The molecule has 0 radical (unpaired) electrons. The zero-order valence-corrected chi connectivity index (χ0v) is 16.9. The fraction of sp³-hybridized carbons (Fsp3) is 0.429. The first-order valence-electron chi connectivity index (χ1n) is 9.74. The Morgan fingerprint density at radius 2 is 1.93 bits per heavy atom. The number of aryl methyl sites for hydroxylation is 1. The van der Waals surface area contributed by atoms with Crippen molar-refractivity contribution in [3.63, 3.8) is 0 Å². The van der Waals surface area contributed by atoms with Gasteiger partial charge in [0.1, 0.15) is 11.6 Å². The summed E-state index contributed by atoms with van der Waals surface area (Å²) < 4.78 is 28.6. The molecule has 0 saturated heterocycles. The molecular formula is C21H27F2N5O. The number of likely N-dealkylation sites (N-methyl/N-ethyl adjacent to an activating group) is 2. The van der Waals surface area contributed by atoms with Gasteiger partial charge >= 0.3 is 0 Å². The minimum Gasteiger partial charge on any atom is -0.365 e. The van der Waals surface area contributed by atoms with Crippen molar-refractivity contribution in [3.8, 4) is 0 Å². The van der Waals surface area contributed by atoms with Gasteiger partial charge in [0.15, 0.2) is 11.6 Å². The van der Waals surface area contributed by atoms with E-state index in [1.165, 1.54) is 12.1 Å². The van der Waals surface area contributed by atoms with E-state index in [-0.39, 0.29) is 29.3 Å². The number of carbonyl (C=O) groups excluding carboxylic acids is 1. The molecule has 2 unspecified atom stereocenters. The number of anilines is 3. The van der Waals surface area contributed by atoms with Crippen LogP contribution in [0.15, 0.2) is 24.3 Å². The van der Waals surface area contributed by atoms with Gasteiger partial charge in [-0.05, 0) is 56.6 Å². The average molecular weight is 403 g/mol. The molecule has 0 bridgehead atoms. The lowest BCUT2D eigenvalue weighted by Crippen LogP contribution is -2.50. The number of carbonyl (C=O) groups is 1. The van der Waals surface area contributed by atoms with Crippen LogP contribution in [0.1, 0.15) is 41.6 Å². The van der Waals surface area contributed by atoms with E-state index in [9.17, 15) is 13.6 Å². The van der Waals surface area contributed by atoms with Crippen LogP contribution >= 0.6 is 0 Å². The summed E-state index contributed by atoms with van der Waals surface area (Å²) in [7, 11) is 3.70. The molecule has 1 amide bonds. The van der Waals surface area contributed by atoms with Gasteiger partial charge in [-0.25, -0.2) is 13.8 Å². The number of aromatic nitrogens is 1. The van der Waals surface area contributed by atoms with Crippen LogP contribution in [0.2, 0.25) is 0 Å². The number of benzene rings is 1. The third-order valence-electron chi connectivity index (χ3n) is 5.46. The summed E-state index contributed by atoms with van der Waals surface area (Å²) in [4.78, 5) is 18.0. The molecule has 8 heteroatoms. The van der Waals surface area contributed by atoms with Gasteiger partial charge in [0.2, 0.25) is 0 Å². The highest BCUT2D eigenvalue weighted by atomic mass is 19.1. The molecule has 0 spiro atoms. The SMILES string of the molecule is CNC1CCCCC1N(C)c1nc(Nc2cc(C)cc(F)c2)c(C(N)=O)cc1F. The van der Waals surface area contributed by atoms with Gasteiger partial charge in [-0.2, -0.15) is 0 Å². The van der Waals surface area contributed by atoms with Crippen LogP contribution in [0, 0.1) is 18.6 Å². The molecule has 6 nitrogen and oxygen atoms in total. The lowest BCUT2D eigenvalue weighted by molar-refractivity contribution is 0.100. The molecule has 29 heavy (non-hydrogen) atoms. The smallest absolute Gasteiger partial charge is 0.252 e. The van der Waals surface area contributed by atoms with Crippen LogP contribution in [0.3, 0.4) is 0 Å². The first-order chi connectivity index (χ1) is 13.8. The van der Waals surface area contributed by atoms with E-state index in [0.29, 0.717) is 11.3 Å². The quantitative estimate of drug-likeness (QED) is 0.688. The van der Waals surface area contributed by atoms with Gasteiger partial charge in [-0.15, -0.1) is 0 Å². The number of primary amides is 1. The third kappa shape index (κ3) is 4.64. The summed E-state index contributed by atoms with van der Waals surface area (Å²) in [5.41, 5.74) is 6.45. The van der Waals surface area contributed by atoms with Crippen LogP contribution in [0.25, 0.3) is 0 Å². The van der Waals surface area contributed by atoms with Crippen molar-refractivity contribution in [1.29, 1.82) is 0 Å². The molecule has 2 atom stereocenters. The number of halogens is 2. The van der Waals surface area contributed by atoms with Gasteiger partial charge in [0, 0.05) is 24.8 Å². The molecule has 1 aliphatic carbocycles. The number of nitrogens with two attached hydrogens (primary N) is 1. The topological polar surface area (TPSA) is 83.3 Å². The first-order valence-corrected chi connectivity index (χ1v) is 9.74. The molecule has 1 saturated carbocycles. The highest BCUT2D eigenvalue weighted by Gasteiger charge is 2.30. The van der Waals surface area contributed by atoms with Gasteiger partial charge < -0.3 is 21.3 Å². The maximum absolute atomic E-state index is 14.9. The van der Waals surface area contributed by atoms with Gasteiger partial charge in [0.25, 0.3) is 5.91 Å². The number of rotatable bonds is 6. The molecule has 1 fully saturated rings. The maximum atomic E-state index is 14.9. The summed E-state index contributed by atoms with van der Waals surface area (Å²) in [5.74, 6) is -1.64. The molecule has 1 heterocycles. The molecule has 156 valence electrons. The summed E-state index contributed by atoms with van der Waals surface area (Å²) in [6.07, 6.45) is 4.09. The van der Waals surface area contributed by atoms with Crippen molar-refractivity contribution in [2.45, 2.75) is 44.7 Å². The van der Waals surface area contributed by atoms with E-state index >= 15 is 0 Å². The Labute approximate surface area is 169 Å². The Bertz CT molecular complexity index is 885. The second kappa shape index (κ2) is 8.73. The fourth-order valence-corrected chi connectivity index (χ4v) is 4.02. The summed E-state index contributed by atoms with van der Waals surface area (Å²) in [6.45, 7) is 1.75. The predicted octanol–water partition coefficient (Wildman–Crippen LogP) is 3.48. The monoisotopic (exact) mass is 403 g/mol. The van der Waals surface area contributed by atoms with Gasteiger partial charge in [-0.3, -0.25) is 4.79 Å². The Morgan fingerprint density at radius 3 is 2.59 bits per heavy atom. The minimum absolute atomic E-state index is 0.0689. The highest BCUT2D eigenvalue weighted by molar-refractivity contribution is 5.98.